The van der Waals surface area contributed by atoms with Gasteiger partial charge in [0, 0.05) is 24.0 Å². The van der Waals surface area contributed by atoms with Crippen LogP contribution in [0.25, 0.3) is 16.6 Å². The number of nitrogens with zero attached hydrogens (tertiary/aromatic N) is 5. The van der Waals surface area contributed by atoms with Gasteiger partial charge in [0.25, 0.3) is 5.91 Å². The molecular formula is C23H22N6O2. The van der Waals surface area contributed by atoms with E-state index >= 15 is 0 Å². The maximum Gasteiger partial charge on any atom is 0.271 e. The first-order valence-corrected chi connectivity index (χ1v) is 10.2. The second kappa shape index (κ2) is 8.16. The third-order valence-corrected chi connectivity index (χ3v) is 5.37. The van der Waals surface area contributed by atoms with Crippen LogP contribution in [0.2, 0.25) is 0 Å². The van der Waals surface area contributed by atoms with Gasteiger partial charge < -0.3 is 9.64 Å². The van der Waals surface area contributed by atoms with Crippen molar-refractivity contribution < 1.29 is 9.53 Å². The molecular weight excluding hydrogens is 392 g/mol. The van der Waals surface area contributed by atoms with Crippen LogP contribution >= 0.6 is 0 Å². The topological polar surface area (TPSA) is 84.1 Å². The van der Waals surface area contributed by atoms with Crippen LogP contribution in [-0.2, 0) is 4.74 Å². The van der Waals surface area contributed by atoms with Crippen molar-refractivity contribution in [1.29, 1.82) is 0 Å². The number of nitrogens with one attached hydrogen (secondary N) is 1. The maximum atomic E-state index is 12.3. The second-order valence-electron chi connectivity index (χ2n) is 7.35. The zero-order valence-corrected chi connectivity index (χ0v) is 17.2. The van der Waals surface area contributed by atoms with Gasteiger partial charge in [-0.15, -0.1) is 0 Å². The van der Waals surface area contributed by atoms with E-state index in [1.807, 2.05) is 47.8 Å². The molecule has 5 rings (SSSR count). The number of carbonyl (C=O) groups excluding carboxylic acids is 1. The predicted molar refractivity (Wildman–Crippen MR) is 120 cm³/mol. The number of anilines is 1. The molecule has 1 amide bonds. The van der Waals surface area contributed by atoms with Gasteiger partial charge in [0.05, 0.1) is 36.2 Å². The molecule has 0 saturated carbocycles. The Hall–Kier alpha value is -3.78. The predicted octanol–water partition coefficient (Wildman–Crippen LogP) is 2.79. The quantitative estimate of drug-likeness (QED) is 0.410. The van der Waals surface area contributed by atoms with E-state index in [1.54, 1.807) is 18.3 Å². The molecule has 0 aliphatic carbocycles. The zero-order chi connectivity index (χ0) is 21.2. The van der Waals surface area contributed by atoms with Crippen molar-refractivity contribution in [3.05, 3.63) is 71.4 Å². The largest absolute Gasteiger partial charge is 0.378 e. The molecule has 2 aromatic carbocycles. The average molecular weight is 414 g/mol. The number of hydrogen-bond acceptors (Lipinski definition) is 6. The number of morpholine rings is 1. The maximum absolute atomic E-state index is 12.3. The molecule has 4 aromatic rings. The lowest BCUT2D eigenvalue weighted by molar-refractivity contribution is 0.0955. The molecule has 8 nitrogen and oxygen atoms in total. The van der Waals surface area contributed by atoms with Crippen molar-refractivity contribution in [3.8, 4) is 0 Å². The first-order valence-electron chi connectivity index (χ1n) is 10.2. The number of fused-ring (bicyclic) bond motifs is 3. The Morgan fingerprint density at radius 2 is 1.84 bits per heavy atom. The number of aromatic nitrogens is 3. The van der Waals surface area contributed by atoms with E-state index in [0.717, 1.165) is 41.1 Å². The minimum atomic E-state index is -0.265. The summed E-state index contributed by atoms with van der Waals surface area (Å²) in [6, 6.07) is 17.1. The average Bonchev–Trinajstić information content (AvgIpc) is 3.15. The summed E-state index contributed by atoms with van der Waals surface area (Å²) in [5.74, 6) is 0.646. The number of hydrazone groups is 1. The molecule has 1 N–H and O–H groups in total. The molecule has 156 valence electrons. The fraction of sp³-hybridized carbons (Fsp3) is 0.217. The van der Waals surface area contributed by atoms with E-state index in [1.165, 1.54) is 0 Å². The molecule has 2 aromatic heterocycles. The van der Waals surface area contributed by atoms with E-state index < -0.39 is 0 Å². The third-order valence-electron chi connectivity index (χ3n) is 5.37. The van der Waals surface area contributed by atoms with Crippen molar-refractivity contribution in [1.82, 2.24) is 20.0 Å². The van der Waals surface area contributed by atoms with Crippen LogP contribution in [0.4, 0.5) is 5.82 Å². The summed E-state index contributed by atoms with van der Waals surface area (Å²) in [4.78, 5) is 19.5. The van der Waals surface area contributed by atoms with Gasteiger partial charge in [0.2, 0.25) is 0 Å². The Labute approximate surface area is 179 Å². The summed E-state index contributed by atoms with van der Waals surface area (Å²) >= 11 is 0. The number of carbonyl (C=O) groups is 1. The summed E-state index contributed by atoms with van der Waals surface area (Å²) in [6.07, 6.45) is 1.61. The molecule has 0 atom stereocenters. The number of rotatable bonds is 4. The summed E-state index contributed by atoms with van der Waals surface area (Å²) in [5, 5.41) is 9.90. The monoisotopic (exact) mass is 414 g/mol. The molecule has 0 radical (unpaired) electrons. The van der Waals surface area contributed by atoms with Crippen molar-refractivity contribution >= 4 is 34.5 Å². The Bertz CT molecular complexity index is 1280. The fourth-order valence-electron chi connectivity index (χ4n) is 3.79. The normalized spacial score (nSPS) is 14.5. The van der Waals surface area contributed by atoms with Crippen LogP contribution in [0.5, 0.6) is 0 Å². The molecule has 1 aliphatic heterocycles. The van der Waals surface area contributed by atoms with Crippen molar-refractivity contribution in [2.45, 2.75) is 6.92 Å². The standard InChI is InChI=1S/C23H22N6O2/c1-16-19(15-24-26-23(30)17-7-3-2-4-8-17)22-25-21(28-11-13-31-14-12-28)18-9-5-6-10-20(18)29(22)27-16/h2-10,15H,11-14H2,1H3,(H,26,30)/b24-15+. The lowest BCUT2D eigenvalue weighted by Crippen LogP contribution is -2.37. The van der Waals surface area contributed by atoms with Gasteiger partial charge >= 0.3 is 0 Å². The Kier molecular flexibility index (Phi) is 5.05. The van der Waals surface area contributed by atoms with Crippen LogP contribution in [-0.4, -0.2) is 53.0 Å². The van der Waals surface area contributed by atoms with Crippen LogP contribution in [0.15, 0.2) is 59.7 Å². The number of amides is 1. The summed E-state index contributed by atoms with van der Waals surface area (Å²) in [7, 11) is 0. The van der Waals surface area contributed by atoms with Gasteiger partial charge in [-0.1, -0.05) is 30.3 Å². The van der Waals surface area contributed by atoms with Gasteiger partial charge in [-0.25, -0.2) is 14.9 Å². The SMILES string of the molecule is Cc1nn2c(nc(N3CCOCC3)c3ccccc32)c1/C=N/NC(=O)c1ccccc1. The number of para-hydroxylation sites is 1. The van der Waals surface area contributed by atoms with Crippen molar-refractivity contribution in [2.24, 2.45) is 5.10 Å². The molecule has 0 unspecified atom stereocenters. The lowest BCUT2D eigenvalue weighted by Gasteiger charge is -2.28. The van der Waals surface area contributed by atoms with E-state index in [-0.39, 0.29) is 5.91 Å². The van der Waals surface area contributed by atoms with Gasteiger partial charge in [0.15, 0.2) is 5.65 Å². The number of aryl methyl sites for hydroxylation is 1. The van der Waals surface area contributed by atoms with Crippen molar-refractivity contribution in [2.75, 3.05) is 31.2 Å². The van der Waals surface area contributed by atoms with Gasteiger partial charge in [-0.05, 0) is 31.2 Å². The molecule has 0 bridgehead atoms. The lowest BCUT2D eigenvalue weighted by atomic mass is 10.2. The van der Waals surface area contributed by atoms with Gasteiger partial charge in [-0.3, -0.25) is 4.79 Å². The van der Waals surface area contributed by atoms with Crippen LogP contribution in [0.1, 0.15) is 21.6 Å². The van der Waals surface area contributed by atoms with Gasteiger partial charge in [0.1, 0.15) is 5.82 Å². The third kappa shape index (κ3) is 3.62. The van der Waals surface area contributed by atoms with Crippen molar-refractivity contribution in [3.63, 3.8) is 0 Å². The van der Waals surface area contributed by atoms with Crippen LogP contribution < -0.4 is 10.3 Å². The number of ether oxygens (including phenoxy) is 1. The van der Waals surface area contributed by atoms with E-state index in [2.05, 4.69) is 21.5 Å². The molecule has 31 heavy (non-hydrogen) atoms. The molecule has 0 spiro atoms. The highest BCUT2D eigenvalue weighted by atomic mass is 16.5. The molecule has 8 heteroatoms. The van der Waals surface area contributed by atoms with E-state index in [0.29, 0.717) is 24.4 Å². The second-order valence-corrected chi connectivity index (χ2v) is 7.35. The highest BCUT2D eigenvalue weighted by molar-refractivity contribution is 5.98. The first-order chi connectivity index (χ1) is 15.2. The highest BCUT2D eigenvalue weighted by Gasteiger charge is 2.20. The number of benzene rings is 2. The Morgan fingerprint density at radius 3 is 2.65 bits per heavy atom. The van der Waals surface area contributed by atoms with Crippen LogP contribution in [0.3, 0.4) is 0 Å². The highest BCUT2D eigenvalue weighted by Crippen LogP contribution is 2.28. The smallest absolute Gasteiger partial charge is 0.271 e. The summed E-state index contributed by atoms with van der Waals surface area (Å²) in [6.45, 7) is 4.85. The number of hydrogen-bond donors (Lipinski definition) is 1. The molecule has 1 aliphatic rings. The van der Waals surface area contributed by atoms with Gasteiger partial charge in [-0.2, -0.15) is 10.2 Å². The summed E-state index contributed by atoms with van der Waals surface area (Å²) in [5.41, 5.74) is 6.37. The molecule has 3 heterocycles. The first kappa shape index (κ1) is 19.2. The minimum absolute atomic E-state index is 0.265. The zero-order valence-electron chi connectivity index (χ0n) is 17.2. The van der Waals surface area contributed by atoms with E-state index in [4.69, 9.17) is 14.8 Å². The molecule has 1 saturated heterocycles. The van der Waals surface area contributed by atoms with Crippen LogP contribution in [0, 0.1) is 6.92 Å². The summed E-state index contributed by atoms with van der Waals surface area (Å²) < 4.78 is 7.35. The van der Waals surface area contributed by atoms with E-state index in [9.17, 15) is 4.79 Å². The fourth-order valence-corrected chi connectivity index (χ4v) is 3.79. The Morgan fingerprint density at radius 1 is 1.10 bits per heavy atom. The Balaban J connectivity index is 1.55. The minimum Gasteiger partial charge on any atom is -0.378 e. The molecule has 1 fully saturated rings.